The zero-order valence-corrected chi connectivity index (χ0v) is 8.77. The SMILES string of the molecule is CCC(C(=O)N(C)C)c1ccncn1. The molecule has 0 aliphatic carbocycles. The van der Waals surface area contributed by atoms with E-state index in [4.69, 9.17) is 0 Å². The smallest absolute Gasteiger partial charge is 0.231 e. The fraction of sp³-hybridized carbons (Fsp3) is 0.500. The summed E-state index contributed by atoms with van der Waals surface area (Å²) < 4.78 is 0. The molecular formula is C10H15N3O. The molecule has 0 saturated heterocycles. The van der Waals surface area contributed by atoms with Gasteiger partial charge in [0.2, 0.25) is 5.91 Å². The average molecular weight is 193 g/mol. The molecule has 0 aliphatic heterocycles. The van der Waals surface area contributed by atoms with Crippen molar-refractivity contribution in [1.29, 1.82) is 0 Å². The first-order valence-electron chi connectivity index (χ1n) is 4.64. The first-order chi connectivity index (χ1) is 6.66. The van der Waals surface area contributed by atoms with Gasteiger partial charge in [-0.2, -0.15) is 0 Å². The van der Waals surface area contributed by atoms with Crippen molar-refractivity contribution in [2.75, 3.05) is 14.1 Å². The second-order valence-electron chi connectivity index (χ2n) is 3.33. The van der Waals surface area contributed by atoms with Gasteiger partial charge in [0.15, 0.2) is 0 Å². The van der Waals surface area contributed by atoms with E-state index in [0.29, 0.717) is 0 Å². The predicted octanol–water partition coefficient (Wildman–Crippen LogP) is 1.06. The number of amides is 1. The molecule has 4 nitrogen and oxygen atoms in total. The van der Waals surface area contributed by atoms with Crippen molar-refractivity contribution in [2.45, 2.75) is 19.3 Å². The van der Waals surface area contributed by atoms with Crippen LogP contribution in [0.3, 0.4) is 0 Å². The highest BCUT2D eigenvalue weighted by Gasteiger charge is 2.20. The Morgan fingerprint density at radius 1 is 1.57 bits per heavy atom. The van der Waals surface area contributed by atoms with E-state index in [1.165, 1.54) is 6.33 Å². The number of carbonyl (C=O) groups is 1. The molecule has 1 heterocycles. The lowest BCUT2D eigenvalue weighted by Gasteiger charge is -2.18. The quantitative estimate of drug-likeness (QED) is 0.721. The van der Waals surface area contributed by atoms with Crippen LogP contribution in [0.4, 0.5) is 0 Å². The van der Waals surface area contributed by atoms with E-state index in [-0.39, 0.29) is 11.8 Å². The molecule has 1 aromatic rings. The van der Waals surface area contributed by atoms with Crippen LogP contribution in [0.25, 0.3) is 0 Å². The van der Waals surface area contributed by atoms with Gasteiger partial charge < -0.3 is 4.90 Å². The Morgan fingerprint density at radius 3 is 2.71 bits per heavy atom. The Balaban J connectivity index is 2.88. The van der Waals surface area contributed by atoms with Crippen LogP contribution in [0.2, 0.25) is 0 Å². The molecule has 0 aromatic carbocycles. The number of likely N-dealkylation sites (N-methyl/N-ethyl adjacent to an activating group) is 1. The molecule has 0 bridgehead atoms. The van der Waals surface area contributed by atoms with E-state index in [1.54, 1.807) is 31.3 Å². The fourth-order valence-corrected chi connectivity index (χ4v) is 1.33. The second-order valence-corrected chi connectivity index (χ2v) is 3.33. The van der Waals surface area contributed by atoms with Gasteiger partial charge in [-0.1, -0.05) is 6.92 Å². The third kappa shape index (κ3) is 2.28. The summed E-state index contributed by atoms with van der Waals surface area (Å²) >= 11 is 0. The van der Waals surface area contributed by atoms with Crippen LogP contribution in [0.1, 0.15) is 25.0 Å². The first-order valence-corrected chi connectivity index (χ1v) is 4.64. The summed E-state index contributed by atoms with van der Waals surface area (Å²) in [5.41, 5.74) is 0.793. The molecule has 0 N–H and O–H groups in total. The Morgan fingerprint density at radius 2 is 2.29 bits per heavy atom. The maximum atomic E-state index is 11.7. The summed E-state index contributed by atoms with van der Waals surface area (Å²) in [7, 11) is 3.51. The summed E-state index contributed by atoms with van der Waals surface area (Å²) in [6.07, 6.45) is 3.89. The van der Waals surface area contributed by atoms with Gasteiger partial charge in [-0.25, -0.2) is 9.97 Å². The van der Waals surface area contributed by atoms with E-state index in [0.717, 1.165) is 12.1 Å². The van der Waals surface area contributed by atoms with Crippen molar-refractivity contribution >= 4 is 5.91 Å². The van der Waals surface area contributed by atoms with Crippen molar-refractivity contribution in [2.24, 2.45) is 0 Å². The van der Waals surface area contributed by atoms with Crippen molar-refractivity contribution in [1.82, 2.24) is 14.9 Å². The normalized spacial score (nSPS) is 12.2. The Hall–Kier alpha value is -1.45. The molecule has 0 radical (unpaired) electrons. The first kappa shape index (κ1) is 10.6. The molecular weight excluding hydrogens is 178 g/mol. The largest absolute Gasteiger partial charge is 0.348 e. The Labute approximate surface area is 84.0 Å². The Kier molecular flexibility index (Phi) is 3.56. The molecule has 1 amide bonds. The zero-order valence-electron chi connectivity index (χ0n) is 8.77. The molecule has 1 unspecified atom stereocenters. The zero-order chi connectivity index (χ0) is 10.6. The molecule has 76 valence electrons. The summed E-state index contributed by atoms with van der Waals surface area (Å²) in [6.45, 7) is 1.98. The van der Waals surface area contributed by atoms with Crippen LogP contribution >= 0.6 is 0 Å². The van der Waals surface area contributed by atoms with Gasteiger partial charge in [0, 0.05) is 20.3 Å². The maximum Gasteiger partial charge on any atom is 0.231 e. The lowest BCUT2D eigenvalue weighted by atomic mass is 10.0. The van der Waals surface area contributed by atoms with Crippen LogP contribution in [-0.4, -0.2) is 34.9 Å². The van der Waals surface area contributed by atoms with Crippen LogP contribution in [0.15, 0.2) is 18.6 Å². The van der Waals surface area contributed by atoms with Gasteiger partial charge in [-0.15, -0.1) is 0 Å². The molecule has 0 fully saturated rings. The van der Waals surface area contributed by atoms with Gasteiger partial charge in [0.1, 0.15) is 6.33 Å². The van der Waals surface area contributed by atoms with Crippen LogP contribution < -0.4 is 0 Å². The molecule has 1 rings (SSSR count). The molecule has 1 atom stereocenters. The lowest BCUT2D eigenvalue weighted by Crippen LogP contribution is -2.28. The van der Waals surface area contributed by atoms with E-state index in [1.807, 2.05) is 6.92 Å². The van der Waals surface area contributed by atoms with Crippen molar-refractivity contribution in [3.63, 3.8) is 0 Å². The van der Waals surface area contributed by atoms with E-state index < -0.39 is 0 Å². The second kappa shape index (κ2) is 4.69. The standard InChI is InChI=1S/C10H15N3O/c1-4-8(10(14)13(2)3)9-5-6-11-7-12-9/h5-8H,4H2,1-3H3. The topological polar surface area (TPSA) is 46.1 Å². The monoisotopic (exact) mass is 193 g/mol. The number of nitrogens with zero attached hydrogens (tertiary/aromatic N) is 3. The van der Waals surface area contributed by atoms with Gasteiger partial charge in [0.05, 0.1) is 11.6 Å². The number of hydrogen-bond donors (Lipinski definition) is 0. The summed E-state index contributed by atoms with van der Waals surface area (Å²) in [4.78, 5) is 21.3. The van der Waals surface area contributed by atoms with Crippen molar-refractivity contribution in [3.05, 3.63) is 24.3 Å². The molecule has 0 aliphatic rings. The predicted molar refractivity (Wildman–Crippen MR) is 53.8 cm³/mol. The average Bonchev–Trinajstić information content (AvgIpc) is 2.20. The molecule has 4 heteroatoms. The molecule has 1 aromatic heterocycles. The minimum Gasteiger partial charge on any atom is -0.348 e. The highest BCUT2D eigenvalue weighted by Crippen LogP contribution is 2.18. The summed E-state index contributed by atoms with van der Waals surface area (Å²) in [6, 6.07) is 1.79. The molecule has 14 heavy (non-hydrogen) atoms. The number of carbonyl (C=O) groups excluding carboxylic acids is 1. The third-order valence-corrected chi connectivity index (χ3v) is 2.11. The van der Waals surface area contributed by atoms with Crippen molar-refractivity contribution in [3.8, 4) is 0 Å². The fourth-order valence-electron chi connectivity index (χ4n) is 1.33. The van der Waals surface area contributed by atoms with Gasteiger partial charge in [-0.3, -0.25) is 4.79 Å². The number of rotatable bonds is 3. The van der Waals surface area contributed by atoms with Gasteiger partial charge in [0.25, 0.3) is 0 Å². The minimum atomic E-state index is -0.145. The van der Waals surface area contributed by atoms with Crippen LogP contribution in [0.5, 0.6) is 0 Å². The van der Waals surface area contributed by atoms with E-state index >= 15 is 0 Å². The minimum absolute atomic E-state index is 0.0891. The van der Waals surface area contributed by atoms with Gasteiger partial charge in [-0.05, 0) is 12.5 Å². The van der Waals surface area contributed by atoms with Crippen LogP contribution in [0, 0.1) is 0 Å². The summed E-state index contributed by atoms with van der Waals surface area (Å²) in [5.74, 6) is -0.0563. The number of hydrogen-bond acceptors (Lipinski definition) is 3. The van der Waals surface area contributed by atoms with Crippen molar-refractivity contribution < 1.29 is 4.79 Å². The maximum absolute atomic E-state index is 11.7. The van der Waals surface area contributed by atoms with Crippen LogP contribution in [-0.2, 0) is 4.79 Å². The third-order valence-electron chi connectivity index (χ3n) is 2.11. The van der Waals surface area contributed by atoms with Gasteiger partial charge >= 0.3 is 0 Å². The molecule has 0 saturated carbocycles. The highest BCUT2D eigenvalue weighted by molar-refractivity contribution is 5.82. The van der Waals surface area contributed by atoms with E-state index in [9.17, 15) is 4.79 Å². The Bertz CT molecular complexity index is 297. The number of aromatic nitrogens is 2. The highest BCUT2D eigenvalue weighted by atomic mass is 16.2. The van der Waals surface area contributed by atoms with E-state index in [2.05, 4.69) is 9.97 Å². The molecule has 0 spiro atoms. The lowest BCUT2D eigenvalue weighted by molar-refractivity contribution is -0.130. The summed E-state index contributed by atoms with van der Waals surface area (Å²) in [5, 5.41) is 0.